The molecule has 0 aliphatic carbocycles. The van der Waals surface area contributed by atoms with Crippen molar-refractivity contribution < 1.29 is 19.5 Å². The number of carbonyl (C=O) groups is 3. The second kappa shape index (κ2) is 11.2. The van der Waals surface area contributed by atoms with Gasteiger partial charge in [-0.3, -0.25) is 0 Å². The van der Waals surface area contributed by atoms with E-state index in [9.17, 15) is 19.5 Å². The molecule has 2 amide bonds. The molecular weight excluding hydrogens is 491 g/mol. The van der Waals surface area contributed by atoms with Gasteiger partial charge >= 0.3 is 183 Å². The number of rotatable bonds is 8. The van der Waals surface area contributed by atoms with Crippen LogP contribution in [0, 0.1) is 19.8 Å². The number of carbonyl (C=O) groups excluding carboxylic acids is 2. The van der Waals surface area contributed by atoms with E-state index in [1.54, 1.807) is 26.0 Å². The van der Waals surface area contributed by atoms with Gasteiger partial charge in [0.15, 0.2) is 0 Å². The Bertz CT molecular complexity index is 1190. The molecule has 0 aliphatic heterocycles. The molecule has 3 N–H and O–H groups in total. The maximum absolute atomic E-state index is 12.5. The molecule has 3 rings (SSSR count). The van der Waals surface area contributed by atoms with Crippen molar-refractivity contribution >= 4 is 42.4 Å². The molecule has 7 heteroatoms. The van der Waals surface area contributed by atoms with E-state index in [2.05, 4.69) is 10.6 Å². The van der Waals surface area contributed by atoms with E-state index >= 15 is 0 Å². The molecule has 0 fully saturated rings. The number of benzene rings is 3. The Labute approximate surface area is 206 Å². The molecular formula is C27H28AsN2O4. The monoisotopic (exact) mass is 519 g/mol. The van der Waals surface area contributed by atoms with Crippen molar-refractivity contribution in [3.63, 3.8) is 0 Å². The molecule has 6 nitrogen and oxygen atoms in total. The predicted octanol–water partition coefficient (Wildman–Crippen LogP) is 4.37. The SMILES string of the molecule is Cc1cccc(NC(=O)[As]c2ccc(-c3ccc(C(=O)N[C@@H](C(=O)O)C(C)C)cc3)cc2)c1C. The Kier molecular flexibility index (Phi) is 8.30. The van der Waals surface area contributed by atoms with Crippen LogP contribution < -0.4 is 15.0 Å². The average Bonchev–Trinajstić information content (AvgIpc) is 2.80. The van der Waals surface area contributed by atoms with Crippen LogP contribution in [0.5, 0.6) is 0 Å². The summed E-state index contributed by atoms with van der Waals surface area (Å²) in [6, 6.07) is 19.8. The molecule has 0 bridgehead atoms. The Balaban J connectivity index is 1.63. The number of aryl methyl sites for hydroxylation is 1. The van der Waals surface area contributed by atoms with Gasteiger partial charge in [-0.15, -0.1) is 0 Å². The molecule has 0 unspecified atom stereocenters. The minimum absolute atomic E-state index is 0.0223. The number of hydrogen-bond donors (Lipinski definition) is 3. The fraction of sp³-hybridized carbons (Fsp3) is 0.222. The predicted molar refractivity (Wildman–Crippen MR) is 136 cm³/mol. The first kappa shape index (κ1) is 25.3. The molecule has 34 heavy (non-hydrogen) atoms. The summed E-state index contributed by atoms with van der Waals surface area (Å²) in [6.07, 6.45) is 0. The van der Waals surface area contributed by atoms with Gasteiger partial charge in [0.1, 0.15) is 0 Å². The average molecular weight is 519 g/mol. The number of hydrogen-bond acceptors (Lipinski definition) is 3. The van der Waals surface area contributed by atoms with Crippen LogP contribution in [0.3, 0.4) is 0 Å². The molecule has 0 saturated heterocycles. The van der Waals surface area contributed by atoms with Crippen LogP contribution in [-0.4, -0.2) is 43.5 Å². The van der Waals surface area contributed by atoms with Gasteiger partial charge in [0, 0.05) is 0 Å². The molecule has 3 aromatic rings. The molecule has 3 aromatic carbocycles. The standard InChI is InChI=1S/C27H28AsN2O4/c1-16(2)24(26(32)33)30-25(31)21-10-8-19(9-11-21)20-12-14-22(15-13-20)28-27(34)29-23-7-5-6-17(3)18(23)4/h5-16,24H,1-4H3,(H,29,34)(H,30,31)(H,32,33)/t24-/m1/s1. The third-order valence-corrected chi connectivity index (χ3v) is 7.47. The summed E-state index contributed by atoms with van der Waals surface area (Å²) < 4.78 is 1.02. The molecule has 0 spiro atoms. The molecule has 1 radical (unpaired) electrons. The van der Waals surface area contributed by atoms with Crippen molar-refractivity contribution in [2.75, 3.05) is 5.32 Å². The van der Waals surface area contributed by atoms with Crippen molar-refractivity contribution in [2.45, 2.75) is 33.7 Å². The zero-order valence-corrected chi connectivity index (χ0v) is 21.5. The summed E-state index contributed by atoms with van der Waals surface area (Å²) in [5.41, 5.74) is 5.37. The first-order valence-electron chi connectivity index (χ1n) is 11.0. The van der Waals surface area contributed by atoms with E-state index < -0.39 is 33.7 Å². The van der Waals surface area contributed by atoms with E-state index in [1.807, 2.05) is 68.4 Å². The molecule has 0 aliphatic rings. The van der Waals surface area contributed by atoms with Gasteiger partial charge in [-0.25, -0.2) is 4.79 Å². The molecule has 0 saturated carbocycles. The quantitative estimate of drug-likeness (QED) is 0.385. The first-order valence-corrected chi connectivity index (χ1v) is 12.9. The van der Waals surface area contributed by atoms with Crippen molar-refractivity contribution in [3.8, 4) is 11.1 Å². The summed E-state index contributed by atoms with van der Waals surface area (Å²) in [5, 5.41) is 14.9. The van der Waals surface area contributed by atoms with Gasteiger partial charge < -0.3 is 5.11 Å². The van der Waals surface area contributed by atoms with Crippen LogP contribution in [0.15, 0.2) is 66.7 Å². The van der Waals surface area contributed by atoms with Crippen molar-refractivity contribution in [1.82, 2.24) is 5.32 Å². The van der Waals surface area contributed by atoms with Crippen LogP contribution in [0.1, 0.15) is 35.3 Å². The second-order valence-electron chi connectivity index (χ2n) is 8.45. The zero-order chi connectivity index (χ0) is 24.8. The summed E-state index contributed by atoms with van der Waals surface area (Å²) in [6.45, 7) is 7.52. The minimum atomic E-state index is -1.05. The number of anilines is 1. The number of nitrogens with one attached hydrogen (secondary N) is 2. The van der Waals surface area contributed by atoms with Gasteiger partial charge in [-0.1, -0.05) is 13.8 Å². The molecule has 1 atom stereocenters. The van der Waals surface area contributed by atoms with E-state index in [0.29, 0.717) is 5.56 Å². The summed E-state index contributed by atoms with van der Waals surface area (Å²) in [7, 11) is 0. The van der Waals surface area contributed by atoms with Crippen LogP contribution in [0.4, 0.5) is 10.5 Å². The van der Waals surface area contributed by atoms with E-state index in [1.165, 1.54) is 0 Å². The third kappa shape index (κ3) is 6.36. The third-order valence-electron chi connectivity index (χ3n) is 5.64. The molecule has 0 heterocycles. The molecule has 175 valence electrons. The van der Waals surface area contributed by atoms with Gasteiger partial charge in [-0.2, -0.15) is 0 Å². The van der Waals surface area contributed by atoms with Gasteiger partial charge in [0.25, 0.3) is 0 Å². The Morgan fingerprint density at radius 3 is 2.00 bits per heavy atom. The van der Waals surface area contributed by atoms with Crippen LogP contribution in [0.25, 0.3) is 11.1 Å². The fourth-order valence-electron chi connectivity index (χ4n) is 3.43. The van der Waals surface area contributed by atoms with Crippen LogP contribution >= 0.6 is 0 Å². The summed E-state index contributed by atoms with van der Waals surface area (Å²) in [4.78, 5) is 36.3. The van der Waals surface area contributed by atoms with Gasteiger partial charge in [-0.05, 0) is 0 Å². The van der Waals surface area contributed by atoms with Gasteiger partial charge in [0.2, 0.25) is 0 Å². The van der Waals surface area contributed by atoms with Crippen molar-refractivity contribution in [3.05, 3.63) is 83.4 Å². The Hall–Kier alpha value is -3.37. The van der Waals surface area contributed by atoms with Crippen molar-refractivity contribution in [1.29, 1.82) is 0 Å². The first-order chi connectivity index (χ1) is 16.2. The Morgan fingerprint density at radius 2 is 1.44 bits per heavy atom. The normalized spacial score (nSPS) is 12.0. The summed E-state index contributed by atoms with van der Waals surface area (Å²) in [5.74, 6) is -1.68. The van der Waals surface area contributed by atoms with Crippen LogP contribution in [0.2, 0.25) is 0 Å². The molecule has 0 aromatic heterocycles. The Morgan fingerprint density at radius 1 is 0.853 bits per heavy atom. The number of aliphatic carboxylic acids is 1. The number of amides is 2. The fourth-order valence-corrected chi connectivity index (χ4v) is 4.92. The zero-order valence-electron chi connectivity index (χ0n) is 19.6. The van der Waals surface area contributed by atoms with Crippen molar-refractivity contribution in [2.24, 2.45) is 5.92 Å². The van der Waals surface area contributed by atoms with E-state index in [-0.39, 0.29) is 10.6 Å². The summed E-state index contributed by atoms with van der Waals surface area (Å²) >= 11 is -0.687. The van der Waals surface area contributed by atoms with Crippen LogP contribution in [-0.2, 0) is 4.79 Å². The van der Waals surface area contributed by atoms with Gasteiger partial charge in [0.05, 0.1) is 0 Å². The van der Waals surface area contributed by atoms with E-state index in [0.717, 1.165) is 32.3 Å². The number of carboxylic acids is 1. The second-order valence-corrected chi connectivity index (χ2v) is 10.9. The topological polar surface area (TPSA) is 95.5 Å². The van der Waals surface area contributed by atoms with E-state index in [4.69, 9.17) is 0 Å². The maximum atomic E-state index is 12.5. The number of carboxylic acid groups (broad SMARTS) is 1.